The van der Waals surface area contributed by atoms with Gasteiger partial charge < -0.3 is 20.3 Å². The third-order valence-electron chi connectivity index (χ3n) is 2.75. The highest BCUT2D eigenvalue weighted by Crippen LogP contribution is 2.27. The van der Waals surface area contributed by atoms with E-state index in [1.807, 2.05) is 0 Å². The van der Waals surface area contributed by atoms with Crippen LogP contribution >= 0.6 is 0 Å². The Hall–Kier alpha value is -0.160. The molecule has 3 N–H and O–H groups in total. The molecule has 0 saturated heterocycles. The summed E-state index contributed by atoms with van der Waals surface area (Å²) >= 11 is 0. The molecule has 1 saturated carbocycles. The summed E-state index contributed by atoms with van der Waals surface area (Å²) in [7, 11) is 1.57. The molecule has 0 heterocycles. The van der Waals surface area contributed by atoms with Crippen molar-refractivity contribution in [2.45, 2.75) is 31.5 Å². The van der Waals surface area contributed by atoms with Gasteiger partial charge in [0.1, 0.15) is 6.10 Å². The van der Waals surface area contributed by atoms with E-state index in [0.717, 1.165) is 12.8 Å². The van der Waals surface area contributed by atoms with Crippen molar-refractivity contribution < 1.29 is 14.6 Å². The summed E-state index contributed by atoms with van der Waals surface area (Å²) in [5.41, 5.74) is 5.62. The SMILES string of the molecule is COCC(O)COC1CCCC1CN. The van der Waals surface area contributed by atoms with E-state index >= 15 is 0 Å². The van der Waals surface area contributed by atoms with Gasteiger partial charge in [-0.25, -0.2) is 0 Å². The molecule has 1 aliphatic carbocycles. The fourth-order valence-corrected chi connectivity index (χ4v) is 1.97. The van der Waals surface area contributed by atoms with E-state index < -0.39 is 6.10 Å². The lowest BCUT2D eigenvalue weighted by molar-refractivity contribution is -0.0459. The van der Waals surface area contributed by atoms with Crippen molar-refractivity contribution in [3.8, 4) is 0 Å². The number of methoxy groups -OCH3 is 1. The van der Waals surface area contributed by atoms with Crippen LogP contribution in [-0.2, 0) is 9.47 Å². The van der Waals surface area contributed by atoms with Gasteiger partial charge in [0.25, 0.3) is 0 Å². The minimum absolute atomic E-state index is 0.242. The van der Waals surface area contributed by atoms with Gasteiger partial charge in [-0.05, 0) is 25.3 Å². The predicted molar refractivity (Wildman–Crippen MR) is 54.0 cm³/mol. The molecule has 0 aromatic rings. The van der Waals surface area contributed by atoms with E-state index in [4.69, 9.17) is 15.2 Å². The summed E-state index contributed by atoms with van der Waals surface area (Å²) in [6.45, 7) is 1.38. The summed E-state index contributed by atoms with van der Waals surface area (Å²) in [4.78, 5) is 0. The second-order valence-electron chi connectivity index (χ2n) is 3.91. The molecule has 3 unspecified atom stereocenters. The Kier molecular flexibility index (Phi) is 5.40. The van der Waals surface area contributed by atoms with Crippen molar-refractivity contribution in [2.75, 3.05) is 26.9 Å². The van der Waals surface area contributed by atoms with Gasteiger partial charge >= 0.3 is 0 Å². The van der Waals surface area contributed by atoms with E-state index in [1.165, 1.54) is 6.42 Å². The van der Waals surface area contributed by atoms with Crippen molar-refractivity contribution in [3.63, 3.8) is 0 Å². The summed E-state index contributed by atoms with van der Waals surface area (Å²) in [5.74, 6) is 0.477. The fourth-order valence-electron chi connectivity index (χ4n) is 1.97. The van der Waals surface area contributed by atoms with E-state index in [1.54, 1.807) is 7.11 Å². The maximum absolute atomic E-state index is 9.39. The zero-order chi connectivity index (χ0) is 10.4. The normalized spacial score (nSPS) is 29.4. The first-order valence-corrected chi connectivity index (χ1v) is 5.26. The van der Waals surface area contributed by atoms with Crippen LogP contribution in [-0.4, -0.2) is 44.2 Å². The highest BCUT2D eigenvalue weighted by molar-refractivity contribution is 4.78. The minimum atomic E-state index is -0.515. The quantitative estimate of drug-likeness (QED) is 0.644. The van der Waals surface area contributed by atoms with E-state index in [9.17, 15) is 5.11 Å². The van der Waals surface area contributed by atoms with Crippen LogP contribution in [0.25, 0.3) is 0 Å². The molecule has 1 fully saturated rings. The topological polar surface area (TPSA) is 64.7 Å². The molecule has 0 aromatic heterocycles. The van der Waals surface area contributed by atoms with Gasteiger partial charge in [0.15, 0.2) is 0 Å². The third kappa shape index (κ3) is 3.53. The second-order valence-corrected chi connectivity index (χ2v) is 3.91. The number of hydrogen-bond donors (Lipinski definition) is 2. The molecule has 0 aromatic carbocycles. The zero-order valence-electron chi connectivity index (χ0n) is 8.82. The molecule has 4 nitrogen and oxygen atoms in total. The molecule has 3 atom stereocenters. The van der Waals surface area contributed by atoms with Crippen molar-refractivity contribution in [3.05, 3.63) is 0 Å². The molecule has 4 heteroatoms. The average Bonchev–Trinajstić information content (AvgIpc) is 2.62. The van der Waals surface area contributed by atoms with Crippen LogP contribution < -0.4 is 5.73 Å². The molecular weight excluding hydrogens is 182 g/mol. The predicted octanol–water partition coefficient (Wildman–Crippen LogP) is 0.138. The van der Waals surface area contributed by atoms with Gasteiger partial charge in [-0.1, -0.05) is 6.42 Å². The number of nitrogens with two attached hydrogens (primary N) is 1. The van der Waals surface area contributed by atoms with Gasteiger partial charge in [0, 0.05) is 7.11 Å². The smallest absolute Gasteiger partial charge is 0.101 e. The lowest BCUT2D eigenvalue weighted by Gasteiger charge is -2.20. The monoisotopic (exact) mass is 203 g/mol. The standard InChI is InChI=1S/C10H21NO3/c1-13-6-9(12)7-14-10-4-2-3-8(10)5-11/h8-10,12H,2-7,11H2,1H3. The van der Waals surface area contributed by atoms with Gasteiger partial charge in [-0.3, -0.25) is 0 Å². The Morgan fingerprint density at radius 2 is 2.21 bits per heavy atom. The number of rotatable bonds is 6. The van der Waals surface area contributed by atoms with Gasteiger partial charge in [-0.2, -0.15) is 0 Å². The lowest BCUT2D eigenvalue weighted by Crippen LogP contribution is -2.30. The number of hydrogen-bond acceptors (Lipinski definition) is 4. The maximum Gasteiger partial charge on any atom is 0.101 e. The molecule has 0 radical (unpaired) electrons. The first kappa shape index (κ1) is 11.9. The third-order valence-corrected chi connectivity index (χ3v) is 2.75. The Morgan fingerprint density at radius 3 is 2.86 bits per heavy atom. The lowest BCUT2D eigenvalue weighted by atomic mass is 10.1. The fraction of sp³-hybridized carbons (Fsp3) is 1.00. The van der Waals surface area contributed by atoms with Crippen LogP contribution in [0.5, 0.6) is 0 Å². The highest BCUT2D eigenvalue weighted by Gasteiger charge is 2.27. The first-order chi connectivity index (χ1) is 6.77. The molecule has 1 aliphatic rings. The highest BCUT2D eigenvalue weighted by atomic mass is 16.5. The van der Waals surface area contributed by atoms with Crippen molar-refractivity contribution >= 4 is 0 Å². The number of aliphatic hydroxyl groups excluding tert-OH is 1. The van der Waals surface area contributed by atoms with Gasteiger partial charge in [-0.15, -0.1) is 0 Å². The Morgan fingerprint density at radius 1 is 1.43 bits per heavy atom. The Balaban J connectivity index is 2.16. The molecule has 0 amide bonds. The summed E-state index contributed by atoms with van der Waals surface area (Å²) in [6, 6.07) is 0. The molecule has 0 aliphatic heterocycles. The second kappa shape index (κ2) is 6.35. The summed E-state index contributed by atoms with van der Waals surface area (Å²) < 4.78 is 10.4. The van der Waals surface area contributed by atoms with Crippen molar-refractivity contribution in [1.29, 1.82) is 0 Å². The zero-order valence-corrected chi connectivity index (χ0v) is 8.82. The summed E-state index contributed by atoms with van der Waals surface area (Å²) in [5, 5.41) is 9.39. The van der Waals surface area contributed by atoms with Crippen molar-refractivity contribution in [1.82, 2.24) is 0 Å². The molecule has 1 rings (SSSR count). The minimum Gasteiger partial charge on any atom is -0.388 e. The molecule has 14 heavy (non-hydrogen) atoms. The van der Waals surface area contributed by atoms with Crippen LogP contribution in [0.3, 0.4) is 0 Å². The Labute approximate surface area is 85.4 Å². The maximum atomic E-state index is 9.39. The molecule has 0 bridgehead atoms. The van der Waals surface area contributed by atoms with Gasteiger partial charge in [0.05, 0.1) is 19.3 Å². The Bertz CT molecular complexity index is 154. The van der Waals surface area contributed by atoms with E-state index in [2.05, 4.69) is 0 Å². The number of ether oxygens (including phenoxy) is 2. The number of aliphatic hydroxyl groups is 1. The van der Waals surface area contributed by atoms with Crippen LogP contribution in [0.4, 0.5) is 0 Å². The van der Waals surface area contributed by atoms with E-state index in [0.29, 0.717) is 25.7 Å². The molecule has 0 spiro atoms. The van der Waals surface area contributed by atoms with Crippen LogP contribution in [0.2, 0.25) is 0 Å². The molecule has 84 valence electrons. The van der Waals surface area contributed by atoms with E-state index in [-0.39, 0.29) is 6.10 Å². The van der Waals surface area contributed by atoms with Crippen molar-refractivity contribution in [2.24, 2.45) is 11.7 Å². The van der Waals surface area contributed by atoms with Crippen LogP contribution in [0, 0.1) is 5.92 Å². The first-order valence-electron chi connectivity index (χ1n) is 5.26. The largest absolute Gasteiger partial charge is 0.388 e. The molecular formula is C10H21NO3. The average molecular weight is 203 g/mol. The van der Waals surface area contributed by atoms with Gasteiger partial charge in [0.2, 0.25) is 0 Å². The van der Waals surface area contributed by atoms with Crippen LogP contribution in [0.1, 0.15) is 19.3 Å². The van der Waals surface area contributed by atoms with Crippen LogP contribution in [0.15, 0.2) is 0 Å². The summed E-state index contributed by atoms with van der Waals surface area (Å²) in [6.07, 6.45) is 3.14.